The first kappa shape index (κ1) is 12.6. The van der Waals surface area contributed by atoms with Crippen LogP contribution in [0.3, 0.4) is 0 Å². The van der Waals surface area contributed by atoms with Crippen molar-refractivity contribution in [1.29, 1.82) is 0 Å². The Morgan fingerprint density at radius 2 is 1.90 bits per heavy atom. The number of aryl methyl sites for hydroxylation is 1. The van der Waals surface area contributed by atoms with Crippen molar-refractivity contribution in [3.63, 3.8) is 0 Å². The second-order valence-electron chi connectivity index (χ2n) is 4.70. The molecule has 3 aromatic rings. The zero-order valence-electron chi connectivity index (χ0n) is 11.3. The van der Waals surface area contributed by atoms with E-state index in [4.69, 9.17) is 5.73 Å². The highest BCUT2D eigenvalue weighted by atomic mass is 15.3. The smallest absolute Gasteiger partial charge is 0.0724 e. The third-order valence-electron chi connectivity index (χ3n) is 3.26. The Hall–Kier alpha value is -2.46. The number of rotatable bonds is 3. The van der Waals surface area contributed by atoms with Gasteiger partial charge in [-0.2, -0.15) is 5.10 Å². The van der Waals surface area contributed by atoms with Crippen molar-refractivity contribution in [3.05, 3.63) is 66.2 Å². The van der Waals surface area contributed by atoms with Gasteiger partial charge >= 0.3 is 0 Å². The Bertz CT molecular complexity index is 716. The second kappa shape index (κ2) is 5.27. The lowest BCUT2D eigenvalue weighted by Gasteiger charge is -2.08. The molecular weight excluding hydrogens is 248 g/mol. The van der Waals surface area contributed by atoms with E-state index in [9.17, 15) is 0 Å². The summed E-state index contributed by atoms with van der Waals surface area (Å²) in [6, 6.07) is 12.2. The molecule has 0 atom stereocenters. The molecule has 0 aliphatic carbocycles. The van der Waals surface area contributed by atoms with Crippen LogP contribution in [0.4, 0.5) is 0 Å². The van der Waals surface area contributed by atoms with Gasteiger partial charge in [0.15, 0.2) is 0 Å². The number of pyridine rings is 1. The zero-order chi connectivity index (χ0) is 13.9. The van der Waals surface area contributed by atoms with Gasteiger partial charge in [0.2, 0.25) is 0 Å². The Morgan fingerprint density at radius 3 is 2.65 bits per heavy atom. The lowest BCUT2D eigenvalue weighted by Crippen LogP contribution is -2.06. The van der Waals surface area contributed by atoms with E-state index in [-0.39, 0.29) is 0 Å². The summed E-state index contributed by atoms with van der Waals surface area (Å²) in [6.07, 6.45) is 5.70. The van der Waals surface area contributed by atoms with Crippen LogP contribution in [0.15, 0.2) is 55.0 Å². The Balaban J connectivity index is 2.04. The van der Waals surface area contributed by atoms with E-state index in [0.717, 1.165) is 28.1 Å². The van der Waals surface area contributed by atoms with Gasteiger partial charge in [-0.1, -0.05) is 30.3 Å². The molecule has 0 radical (unpaired) electrons. The van der Waals surface area contributed by atoms with Gasteiger partial charge in [0.05, 0.1) is 11.9 Å². The fraction of sp³-hybridized carbons (Fsp3) is 0.125. The van der Waals surface area contributed by atoms with Crippen LogP contribution in [-0.2, 0) is 6.54 Å². The topological polar surface area (TPSA) is 56.7 Å². The van der Waals surface area contributed by atoms with Crippen LogP contribution in [0.5, 0.6) is 0 Å². The molecule has 2 heterocycles. The number of aromatic nitrogens is 3. The minimum atomic E-state index is 0.448. The summed E-state index contributed by atoms with van der Waals surface area (Å²) in [7, 11) is 0. The monoisotopic (exact) mass is 264 g/mol. The SMILES string of the molecule is Cc1cc(-n2cc(-c3ccccc3)cn2)c(CN)cn1. The molecule has 0 aliphatic heterocycles. The van der Waals surface area contributed by atoms with Crippen molar-refractivity contribution in [1.82, 2.24) is 14.8 Å². The van der Waals surface area contributed by atoms with E-state index >= 15 is 0 Å². The van der Waals surface area contributed by atoms with Crippen molar-refractivity contribution in [2.75, 3.05) is 0 Å². The average Bonchev–Trinajstić information content (AvgIpc) is 2.98. The maximum Gasteiger partial charge on any atom is 0.0724 e. The van der Waals surface area contributed by atoms with Crippen LogP contribution in [0.2, 0.25) is 0 Å². The van der Waals surface area contributed by atoms with Gasteiger partial charge in [0, 0.05) is 35.8 Å². The average molecular weight is 264 g/mol. The fourth-order valence-electron chi connectivity index (χ4n) is 2.18. The van der Waals surface area contributed by atoms with Gasteiger partial charge in [-0.25, -0.2) is 4.68 Å². The third-order valence-corrected chi connectivity index (χ3v) is 3.26. The summed E-state index contributed by atoms with van der Waals surface area (Å²) in [4.78, 5) is 4.28. The van der Waals surface area contributed by atoms with E-state index in [1.807, 2.05) is 54.5 Å². The molecule has 0 aliphatic rings. The molecule has 0 spiro atoms. The molecule has 1 aromatic carbocycles. The molecule has 20 heavy (non-hydrogen) atoms. The molecule has 4 heteroatoms. The lowest BCUT2D eigenvalue weighted by molar-refractivity contribution is 0.849. The molecule has 0 saturated heterocycles. The van der Waals surface area contributed by atoms with Gasteiger partial charge in [0.25, 0.3) is 0 Å². The number of nitrogens with two attached hydrogens (primary N) is 1. The van der Waals surface area contributed by atoms with E-state index < -0.39 is 0 Å². The van der Waals surface area contributed by atoms with E-state index in [2.05, 4.69) is 22.2 Å². The zero-order valence-corrected chi connectivity index (χ0v) is 11.3. The normalized spacial score (nSPS) is 10.7. The minimum absolute atomic E-state index is 0.448. The summed E-state index contributed by atoms with van der Waals surface area (Å²) < 4.78 is 1.86. The number of benzene rings is 1. The third kappa shape index (κ3) is 2.33. The minimum Gasteiger partial charge on any atom is -0.326 e. The number of hydrogen-bond acceptors (Lipinski definition) is 3. The summed E-state index contributed by atoms with van der Waals surface area (Å²) in [5.74, 6) is 0. The number of hydrogen-bond donors (Lipinski definition) is 1. The molecule has 100 valence electrons. The van der Waals surface area contributed by atoms with Crippen LogP contribution in [0.1, 0.15) is 11.3 Å². The molecule has 3 rings (SSSR count). The Morgan fingerprint density at radius 1 is 1.10 bits per heavy atom. The summed E-state index contributed by atoms with van der Waals surface area (Å²) in [6.45, 7) is 2.41. The standard InChI is InChI=1S/C16H16N4/c1-12-7-16(14(8-17)9-18-12)20-11-15(10-19-20)13-5-3-2-4-6-13/h2-7,9-11H,8,17H2,1H3. The quantitative estimate of drug-likeness (QED) is 0.791. The first-order valence-corrected chi connectivity index (χ1v) is 6.54. The Kier molecular flexibility index (Phi) is 3.31. The molecule has 0 bridgehead atoms. The summed E-state index contributed by atoms with van der Waals surface area (Å²) >= 11 is 0. The van der Waals surface area contributed by atoms with Gasteiger partial charge in [0.1, 0.15) is 0 Å². The lowest BCUT2D eigenvalue weighted by atomic mass is 10.1. The van der Waals surface area contributed by atoms with Crippen molar-refractivity contribution in [2.24, 2.45) is 5.73 Å². The summed E-state index contributed by atoms with van der Waals surface area (Å²) in [5, 5.41) is 4.45. The molecule has 2 N–H and O–H groups in total. The van der Waals surface area contributed by atoms with Crippen LogP contribution < -0.4 is 5.73 Å². The predicted octanol–water partition coefficient (Wildman–Crippen LogP) is 2.70. The summed E-state index contributed by atoms with van der Waals surface area (Å²) in [5.41, 5.74) is 10.9. The first-order valence-electron chi connectivity index (χ1n) is 6.54. The van der Waals surface area contributed by atoms with Crippen LogP contribution in [0.25, 0.3) is 16.8 Å². The van der Waals surface area contributed by atoms with Crippen molar-refractivity contribution >= 4 is 0 Å². The van der Waals surface area contributed by atoms with Gasteiger partial charge < -0.3 is 5.73 Å². The molecule has 2 aromatic heterocycles. The van der Waals surface area contributed by atoms with Crippen molar-refractivity contribution in [2.45, 2.75) is 13.5 Å². The fourth-order valence-corrected chi connectivity index (χ4v) is 2.18. The largest absolute Gasteiger partial charge is 0.326 e. The molecule has 4 nitrogen and oxygen atoms in total. The maximum atomic E-state index is 5.77. The predicted molar refractivity (Wildman–Crippen MR) is 79.4 cm³/mol. The first-order chi connectivity index (χ1) is 9.78. The van der Waals surface area contributed by atoms with Crippen LogP contribution >= 0.6 is 0 Å². The van der Waals surface area contributed by atoms with E-state index in [1.165, 1.54) is 0 Å². The van der Waals surface area contributed by atoms with Gasteiger partial charge in [-0.05, 0) is 18.6 Å². The molecular formula is C16H16N4. The second-order valence-corrected chi connectivity index (χ2v) is 4.70. The van der Waals surface area contributed by atoms with Gasteiger partial charge in [-0.3, -0.25) is 4.98 Å². The van der Waals surface area contributed by atoms with Crippen LogP contribution in [-0.4, -0.2) is 14.8 Å². The van der Waals surface area contributed by atoms with Crippen molar-refractivity contribution < 1.29 is 0 Å². The highest BCUT2D eigenvalue weighted by Crippen LogP contribution is 2.21. The molecule has 0 saturated carbocycles. The highest BCUT2D eigenvalue weighted by molar-refractivity contribution is 5.62. The molecule has 0 amide bonds. The molecule has 0 fully saturated rings. The maximum absolute atomic E-state index is 5.77. The Labute approximate surface area is 117 Å². The van der Waals surface area contributed by atoms with Crippen molar-refractivity contribution in [3.8, 4) is 16.8 Å². The number of nitrogens with zero attached hydrogens (tertiary/aromatic N) is 3. The highest BCUT2D eigenvalue weighted by Gasteiger charge is 2.07. The van der Waals surface area contributed by atoms with Gasteiger partial charge in [-0.15, -0.1) is 0 Å². The van der Waals surface area contributed by atoms with E-state index in [0.29, 0.717) is 6.54 Å². The van der Waals surface area contributed by atoms with E-state index in [1.54, 1.807) is 0 Å². The van der Waals surface area contributed by atoms with Crippen LogP contribution in [0, 0.1) is 6.92 Å². The molecule has 0 unspecified atom stereocenters.